The van der Waals surface area contributed by atoms with Crippen LogP contribution in [0.15, 0.2) is 18.6 Å². The molecule has 1 heterocycles. The van der Waals surface area contributed by atoms with E-state index in [1.165, 1.54) is 23.5 Å². The molecule has 0 aliphatic rings. The molecule has 0 spiro atoms. The number of aromatic nitrogens is 2. The number of alkyl halides is 2. The van der Waals surface area contributed by atoms with Crippen LogP contribution in [-0.4, -0.2) is 41.2 Å². The molecular weight excluding hydrogens is 192 g/mol. The number of aliphatic hydroxyl groups excluding tert-OH is 1. The van der Waals surface area contributed by atoms with E-state index in [-0.39, 0.29) is 13.2 Å². The maximum absolute atomic E-state index is 12.1. The Kier molecular flexibility index (Phi) is 4.18. The number of nitrogens with zero attached hydrogens (tertiary/aromatic N) is 3. The quantitative estimate of drug-likeness (QED) is 0.758. The summed E-state index contributed by atoms with van der Waals surface area (Å²) < 4.78 is 24.2. The number of anilines is 1. The van der Waals surface area contributed by atoms with Crippen molar-refractivity contribution in [2.75, 3.05) is 24.6 Å². The second-order valence-electron chi connectivity index (χ2n) is 2.62. The van der Waals surface area contributed by atoms with Crippen molar-refractivity contribution in [3.05, 3.63) is 18.6 Å². The Morgan fingerprint density at radius 1 is 1.43 bits per heavy atom. The van der Waals surface area contributed by atoms with Gasteiger partial charge >= 0.3 is 0 Å². The Morgan fingerprint density at radius 2 is 2.21 bits per heavy atom. The van der Waals surface area contributed by atoms with E-state index >= 15 is 0 Å². The molecule has 1 N–H and O–H groups in total. The van der Waals surface area contributed by atoms with E-state index in [1.807, 2.05) is 0 Å². The number of rotatable bonds is 5. The zero-order valence-corrected chi connectivity index (χ0v) is 7.48. The van der Waals surface area contributed by atoms with Crippen LogP contribution in [0.1, 0.15) is 0 Å². The van der Waals surface area contributed by atoms with Crippen LogP contribution in [0.2, 0.25) is 0 Å². The Morgan fingerprint density at radius 3 is 2.71 bits per heavy atom. The molecule has 0 bridgehead atoms. The predicted octanol–water partition coefficient (Wildman–Crippen LogP) is 0.540. The molecule has 0 radical (unpaired) electrons. The van der Waals surface area contributed by atoms with Crippen LogP contribution < -0.4 is 4.90 Å². The Balaban J connectivity index is 2.67. The monoisotopic (exact) mass is 203 g/mol. The Labute approximate surface area is 80.2 Å². The Bertz CT molecular complexity index is 258. The molecule has 0 unspecified atom stereocenters. The standard InChI is InChI=1S/C8H11F2N3O/c9-7(10)6-13(3-4-14)8-5-11-1-2-12-8/h1-2,5,7,14H,3-4,6H2. The van der Waals surface area contributed by atoms with Crippen LogP contribution in [-0.2, 0) is 0 Å². The molecule has 0 aliphatic carbocycles. The van der Waals surface area contributed by atoms with Gasteiger partial charge in [-0.25, -0.2) is 13.8 Å². The third-order valence-corrected chi connectivity index (χ3v) is 1.60. The summed E-state index contributed by atoms with van der Waals surface area (Å²) in [5.74, 6) is 0.349. The second kappa shape index (κ2) is 5.43. The van der Waals surface area contributed by atoms with Crippen LogP contribution in [0.3, 0.4) is 0 Å². The lowest BCUT2D eigenvalue weighted by atomic mass is 10.4. The maximum Gasteiger partial charge on any atom is 0.255 e. The lowest BCUT2D eigenvalue weighted by Gasteiger charge is -2.21. The molecule has 4 nitrogen and oxygen atoms in total. The highest BCUT2D eigenvalue weighted by Crippen LogP contribution is 2.09. The minimum Gasteiger partial charge on any atom is -0.395 e. The molecule has 14 heavy (non-hydrogen) atoms. The van der Waals surface area contributed by atoms with Gasteiger partial charge in [0, 0.05) is 18.9 Å². The number of hydrogen-bond donors (Lipinski definition) is 1. The van der Waals surface area contributed by atoms with Gasteiger partial charge in [0.1, 0.15) is 5.82 Å². The molecule has 0 aliphatic heterocycles. The third kappa shape index (κ3) is 3.21. The molecule has 0 saturated carbocycles. The van der Waals surface area contributed by atoms with Gasteiger partial charge in [-0.15, -0.1) is 0 Å². The van der Waals surface area contributed by atoms with Crippen molar-refractivity contribution >= 4 is 5.82 Å². The molecule has 0 saturated heterocycles. The van der Waals surface area contributed by atoms with Gasteiger partial charge in [0.2, 0.25) is 0 Å². The maximum atomic E-state index is 12.1. The highest BCUT2D eigenvalue weighted by Gasteiger charge is 2.12. The van der Waals surface area contributed by atoms with Crippen LogP contribution in [0.4, 0.5) is 14.6 Å². The number of hydrogen-bond acceptors (Lipinski definition) is 4. The van der Waals surface area contributed by atoms with Gasteiger partial charge in [-0.1, -0.05) is 0 Å². The average Bonchev–Trinajstić information content (AvgIpc) is 2.18. The van der Waals surface area contributed by atoms with E-state index in [4.69, 9.17) is 5.11 Å². The summed E-state index contributed by atoms with van der Waals surface area (Å²) in [6, 6.07) is 0. The van der Waals surface area contributed by atoms with Crippen molar-refractivity contribution < 1.29 is 13.9 Å². The fraction of sp³-hybridized carbons (Fsp3) is 0.500. The SMILES string of the molecule is OCCN(CC(F)F)c1cnccn1. The fourth-order valence-corrected chi connectivity index (χ4v) is 1.04. The van der Waals surface area contributed by atoms with Gasteiger partial charge in [0.15, 0.2) is 0 Å². The second-order valence-corrected chi connectivity index (χ2v) is 2.62. The molecule has 0 fully saturated rings. The summed E-state index contributed by atoms with van der Waals surface area (Å²) >= 11 is 0. The fourth-order valence-electron chi connectivity index (χ4n) is 1.04. The van der Waals surface area contributed by atoms with Gasteiger partial charge < -0.3 is 10.0 Å². The van der Waals surface area contributed by atoms with Crippen molar-refractivity contribution in [1.82, 2.24) is 9.97 Å². The van der Waals surface area contributed by atoms with Crippen LogP contribution >= 0.6 is 0 Å². The van der Waals surface area contributed by atoms with Crippen molar-refractivity contribution in [3.8, 4) is 0 Å². The Hall–Kier alpha value is -1.30. The topological polar surface area (TPSA) is 49.2 Å². The summed E-state index contributed by atoms with van der Waals surface area (Å²) in [5.41, 5.74) is 0. The third-order valence-electron chi connectivity index (χ3n) is 1.60. The normalized spacial score (nSPS) is 10.6. The lowest BCUT2D eigenvalue weighted by Crippen LogP contribution is -2.32. The van der Waals surface area contributed by atoms with Gasteiger partial charge in [-0.3, -0.25) is 4.98 Å². The minimum absolute atomic E-state index is 0.128. The molecular formula is C8H11F2N3O. The smallest absolute Gasteiger partial charge is 0.255 e. The first-order chi connectivity index (χ1) is 6.74. The number of halogens is 2. The van der Waals surface area contributed by atoms with Crippen LogP contribution in [0, 0.1) is 0 Å². The summed E-state index contributed by atoms with van der Waals surface area (Å²) in [4.78, 5) is 8.92. The first-order valence-electron chi connectivity index (χ1n) is 4.14. The van der Waals surface area contributed by atoms with Crippen molar-refractivity contribution in [1.29, 1.82) is 0 Å². The van der Waals surface area contributed by atoms with Crippen LogP contribution in [0.25, 0.3) is 0 Å². The lowest BCUT2D eigenvalue weighted by molar-refractivity contribution is 0.152. The summed E-state index contributed by atoms with van der Waals surface area (Å²) in [6.45, 7) is -0.508. The molecule has 1 rings (SSSR count). The van der Waals surface area contributed by atoms with Crippen molar-refractivity contribution in [3.63, 3.8) is 0 Å². The molecule has 6 heteroatoms. The van der Waals surface area contributed by atoms with Gasteiger partial charge in [0.05, 0.1) is 19.3 Å². The first-order valence-corrected chi connectivity index (χ1v) is 4.14. The van der Waals surface area contributed by atoms with Gasteiger partial charge in [0.25, 0.3) is 6.43 Å². The summed E-state index contributed by atoms with van der Waals surface area (Å²) in [5, 5.41) is 8.68. The molecule has 78 valence electrons. The zero-order chi connectivity index (χ0) is 10.4. The first kappa shape index (κ1) is 10.8. The van der Waals surface area contributed by atoms with E-state index in [1.54, 1.807) is 0 Å². The highest BCUT2D eigenvalue weighted by molar-refractivity contribution is 5.34. The van der Waals surface area contributed by atoms with Gasteiger partial charge in [-0.2, -0.15) is 0 Å². The van der Waals surface area contributed by atoms with E-state index < -0.39 is 13.0 Å². The molecule has 0 amide bonds. The highest BCUT2D eigenvalue weighted by atomic mass is 19.3. The minimum atomic E-state index is -2.46. The molecule has 0 atom stereocenters. The van der Waals surface area contributed by atoms with Crippen LogP contribution in [0.5, 0.6) is 0 Å². The van der Waals surface area contributed by atoms with E-state index in [0.29, 0.717) is 5.82 Å². The molecule has 0 aromatic carbocycles. The zero-order valence-electron chi connectivity index (χ0n) is 7.48. The molecule has 1 aromatic heterocycles. The van der Waals surface area contributed by atoms with E-state index in [2.05, 4.69) is 9.97 Å². The molecule has 1 aromatic rings. The van der Waals surface area contributed by atoms with Gasteiger partial charge in [-0.05, 0) is 0 Å². The van der Waals surface area contributed by atoms with E-state index in [9.17, 15) is 8.78 Å². The van der Waals surface area contributed by atoms with E-state index in [0.717, 1.165) is 0 Å². The van der Waals surface area contributed by atoms with Crippen molar-refractivity contribution in [2.45, 2.75) is 6.43 Å². The largest absolute Gasteiger partial charge is 0.395 e. The summed E-state index contributed by atoms with van der Waals surface area (Å²) in [7, 11) is 0. The number of aliphatic hydroxyl groups is 1. The predicted molar refractivity (Wildman–Crippen MR) is 47.3 cm³/mol. The average molecular weight is 203 g/mol. The summed E-state index contributed by atoms with van der Waals surface area (Å²) in [6.07, 6.45) is 1.82. The van der Waals surface area contributed by atoms with Crippen molar-refractivity contribution in [2.24, 2.45) is 0 Å².